The summed E-state index contributed by atoms with van der Waals surface area (Å²) in [6, 6.07) is 15.5. The molecule has 3 heterocycles. The number of rotatable bonds is 5. The summed E-state index contributed by atoms with van der Waals surface area (Å²) >= 11 is 0. The molecule has 1 saturated carbocycles. The lowest BCUT2D eigenvalue weighted by Gasteiger charge is -2.36. The predicted octanol–water partition coefficient (Wildman–Crippen LogP) is 5.26. The number of fused-ring (bicyclic) bond motifs is 2. The summed E-state index contributed by atoms with van der Waals surface area (Å²) in [7, 11) is 0. The van der Waals surface area contributed by atoms with Crippen molar-refractivity contribution in [1.82, 2.24) is 19.9 Å². The largest absolute Gasteiger partial charge is 0.378 e. The van der Waals surface area contributed by atoms with Gasteiger partial charge in [-0.2, -0.15) is 0 Å². The first kappa shape index (κ1) is 22.5. The van der Waals surface area contributed by atoms with Crippen LogP contribution in [0.25, 0.3) is 27.6 Å². The van der Waals surface area contributed by atoms with Gasteiger partial charge < -0.3 is 10.0 Å². The summed E-state index contributed by atoms with van der Waals surface area (Å²) in [5, 5.41) is 15.5. The van der Waals surface area contributed by atoms with Crippen LogP contribution in [0.15, 0.2) is 48.7 Å². The third kappa shape index (κ3) is 4.30. The molecule has 182 valence electrons. The van der Waals surface area contributed by atoms with Gasteiger partial charge in [-0.15, -0.1) is 0 Å². The lowest BCUT2D eigenvalue weighted by molar-refractivity contribution is 0.0513. The van der Waals surface area contributed by atoms with Gasteiger partial charge in [-0.3, -0.25) is 14.9 Å². The second-order valence-corrected chi connectivity index (χ2v) is 10.5. The van der Waals surface area contributed by atoms with Crippen LogP contribution >= 0.6 is 0 Å². The first-order valence-electron chi connectivity index (χ1n) is 13.1. The van der Waals surface area contributed by atoms with Crippen LogP contribution in [0.3, 0.4) is 0 Å². The highest BCUT2D eigenvalue weighted by Crippen LogP contribution is 2.33. The normalized spacial score (nSPS) is 18.7. The Balaban J connectivity index is 1.32. The minimum atomic E-state index is -0.405. The maximum Gasteiger partial charge on any atom is 0.211 e. The number of piperidine rings is 1. The van der Waals surface area contributed by atoms with E-state index in [1.165, 1.54) is 36.8 Å². The van der Waals surface area contributed by atoms with Gasteiger partial charge in [-0.25, -0.2) is 4.98 Å². The second-order valence-electron chi connectivity index (χ2n) is 10.5. The average Bonchev–Trinajstić information content (AvgIpc) is 3.52. The van der Waals surface area contributed by atoms with E-state index in [9.17, 15) is 5.11 Å². The SMILES string of the molecule is Cc1cc2nc(N3CCC(C(O)NC4CCCC4)CC3)n(-c3ccc4ncccc4c3)c2cc1C. The lowest BCUT2D eigenvalue weighted by atomic mass is 9.94. The van der Waals surface area contributed by atoms with Gasteiger partial charge in [0.15, 0.2) is 0 Å². The smallest absolute Gasteiger partial charge is 0.211 e. The van der Waals surface area contributed by atoms with Crippen LogP contribution in [0.1, 0.15) is 49.7 Å². The summed E-state index contributed by atoms with van der Waals surface area (Å²) < 4.78 is 2.31. The zero-order valence-electron chi connectivity index (χ0n) is 20.7. The molecule has 1 atom stereocenters. The first-order valence-corrected chi connectivity index (χ1v) is 13.1. The zero-order valence-corrected chi connectivity index (χ0v) is 20.7. The summed E-state index contributed by atoms with van der Waals surface area (Å²) in [5.41, 5.74) is 6.80. The molecule has 2 aromatic heterocycles. The van der Waals surface area contributed by atoms with Crippen LogP contribution in [0.2, 0.25) is 0 Å². The highest BCUT2D eigenvalue weighted by molar-refractivity contribution is 5.86. The molecule has 1 saturated heterocycles. The lowest BCUT2D eigenvalue weighted by Crippen LogP contribution is -2.46. The molecule has 6 nitrogen and oxygen atoms in total. The molecular weight excluding hydrogens is 434 g/mol. The van der Waals surface area contributed by atoms with Crippen LogP contribution < -0.4 is 10.2 Å². The average molecular weight is 470 g/mol. The number of aliphatic hydroxyl groups excluding tert-OH is 1. The van der Waals surface area contributed by atoms with Gasteiger partial charge in [0.2, 0.25) is 5.95 Å². The van der Waals surface area contributed by atoms with E-state index in [1.807, 2.05) is 12.3 Å². The molecule has 0 amide bonds. The van der Waals surface area contributed by atoms with Gasteiger partial charge in [-0.1, -0.05) is 18.9 Å². The first-order chi connectivity index (χ1) is 17.1. The summed E-state index contributed by atoms with van der Waals surface area (Å²) in [5.74, 6) is 1.28. The van der Waals surface area contributed by atoms with E-state index >= 15 is 0 Å². The zero-order chi connectivity index (χ0) is 23.9. The van der Waals surface area contributed by atoms with Gasteiger partial charge in [0.1, 0.15) is 6.23 Å². The van der Waals surface area contributed by atoms with E-state index in [4.69, 9.17) is 4.98 Å². The third-order valence-electron chi connectivity index (χ3n) is 8.13. The number of aromatic nitrogens is 3. The molecule has 6 heteroatoms. The molecule has 0 bridgehead atoms. The third-order valence-corrected chi connectivity index (χ3v) is 8.13. The fourth-order valence-corrected chi connectivity index (χ4v) is 5.87. The molecule has 0 spiro atoms. The van der Waals surface area contributed by atoms with Crippen molar-refractivity contribution in [2.24, 2.45) is 5.92 Å². The summed E-state index contributed by atoms with van der Waals surface area (Å²) in [6.07, 6.45) is 8.31. The van der Waals surface area contributed by atoms with E-state index in [-0.39, 0.29) is 0 Å². The number of pyridine rings is 1. The molecule has 35 heavy (non-hydrogen) atoms. The Kier molecular flexibility index (Phi) is 5.94. The Morgan fingerprint density at radius 2 is 1.71 bits per heavy atom. The number of anilines is 1. The Bertz CT molecular complexity index is 1350. The van der Waals surface area contributed by atoms with Crippen LogP contribution in [-0.2, 0) is 0 Å². The Morgan fingerprint density at radius 3 is 2.51 bits per heavy atom. The van der Waals surface area contributed by atoms with Gasteiger partial charge in [-0.05, 0) is 87.1 Å². The summed E-state index contributed by atoms with van der Waals surface area (Å²) in [4.78, 5) is 12.0. The molecule has 1 aliphatic carbocycles. The molecule has 2 fully saturated rings. The minimum absolute atomic E-state index is 0.293. The number of hydrogen-bond donors (Lipinski definition) is 2. The molecule has 6 rings (SSSR count). The fourth-order valence-electron chi connectivity index (χ4n) is 5.87. The number of imidazole rings is 1. The van der Waals surface area contributed by atoms with Crippen molar-refractivity contribution >= 4 is 27.9 Å². The van der Waals surface area contributed by atoms with Crippen molar-refractivity contribution in [1.29, 1.82) is 0 Å². The standard InChI is InChI=1S/C29H35N5O/c1-19-16-26-27(17-20(19)2)34(24-9-10-25-22(18-24)6-5-13-30-25)29(32-26)33-14-11-21(12-15-33)28(35)31-23-7-3-4-8-23/h5-6,9-10,13,16-18,21,23,28,31,35H,3-4,7-8,11-12,14-15H2,1-2H3. The monoisotopic (exact) mass is 469 g/mol. The minimum Gasteiger partial charge on any atom is -0.378 e. The maximum absolute atomic E-state index is 10.8. The second kappa shape index (κ2) is 9.25. The molecule has 1 aliphatic heterocycles. The maximum atomic E-state index is 10.8. The Labute approximate surface area is 207 Å². The van der Waals surface area contributed by atoms with Crippen LogP contribution in [-0.4, -0.2) is 45.0 Å². The van der Waals surface area contributed by atoms with Crippen LogP contribution in [0, 0.1) is 19.8 Å². The van der Waals surface area contributed by atoms with E-state index < -0.39 is 6.23 Å². The van der Waals surface area contributed by atoms with Crippen molar-refractivity contribution in [2.45, 2.75) is 64.6 Å². The highest BCUT2D eigenvalue weighted by Gasteiger charge is 2.30. The number of benzene rings is 2. The number of nitrogens with one attached hydrogen (secondary N) is 1. The molecule has 2 N–H and O–H groups in total. The van der Waals surface area contributed by atoms with Crippen molar-refractivity contribution < 1.29 is 5.11 Å². The van der Waals surface area contributed by atoms with Gasteiger partial charge >= 0.3 is 0 Å². The topological polar surface area (TPSA) is 66.2 Å². The van der Waals surface area contributed by atoms with E-state index in [1.54, 1.807) is 0 Å². The van der Waals surface area contributed by atoms with E-state index in [0.29, 0.717) is 12.0 Å². The molecular formula is C29H35N5O. The molecule has 2 aliphatic rings. The van der Waals surface area contributed by atoms with E-state index in [0.717, 1.165) is 59.5 Å². The predicted molar refractivity (Wildman–Crippen MR) is 142 cm³/mol. The van der Waals surface area contributed by atoms with Crippen molar-refractivity contribution in [3.63, 3.8) is 0 Å². The molecule has 4 aromatic rings. The summed E-state index contributed by atoms with van der Waals surface area (Å²) in [6.45, 7) is 6.11. The van der Waals surface area contributed by atoms with E-state index in [2.05, 4.69) is 70.0 Å². The fraction of sp³-hybridized carbons (Fsp3) is 0.448. The van der Waals surface area contributed by atoms with Crippen molar-refractivity contribution in [3.05, 3.63) is 59.8 Å². The van der Waals surface area contributed by atoms with Crippen LogP contribution in [0.5, 0.6) is 0 Å². The Hall–Kier alpha value is -2.96. The molecule has 1 unspecified atom stereocenters. The number of hydrogen-bond acceptors (Lipinski definition) is 5. The van der Waals surface area contributed by atoms with Gasteiger partial charge in [0.05, 0.1) is 16.6 Å². The van der Waals surface area contributed by atoms with Crippen molar-refractivity contribution in [2.75, 3.05) is 18.0 Å². The van der Waals surface area contributed by atoms with Crippen molar-refractivity contribution in [3.8, 4) is 5.69 Å². The molecule has 2 aromatic carbocycles. The van der Waals surface area contributed by atoms with Gasteiger partial charge in [0.25, 0.3) is 0 Å². The van der Waals surface area contributed by atoms with Gasteiger partial charge in [0, 0.05) is 42.3 Å². The number of aryl methyl sites for hydroxylation is 2. The Morgan fingerprint density at radius 1 is 0.943 bits per heavy atom. The molecule has 0 radical (unpaired) electrons. The van der Waals surface area contributed by atoms with Crippen LogP contribution in [0.4, 0.5) is 5.95 Å². The quantitative estimate of drug-likeness (QED) is 0.391. The number of nitrogens with zero attached hydrogens (tertiary/aromatic N) is 4. The highest BCUT2D eigenvalue weighted by atomic mass is 16.3. The number of aliphatic hydroxyl groups is 1.